The molecule has 5 nitrogen and oxygen atoms in total. The van der Waals surface area contributed by atoms with E-state index in [0.29, 0.717) is 6.54 Å². The lowest BCUT2D eigenvalue weighted by Gasteiger charge is -2.04. The number of hydrogen-bond donors (Lipinski definition) is 2. The number of hydrogen-bond acceptors (Lipinski definition) is 3. The summed E-state index contributed by atoms with van der Waals surface area (Å²) >= 11 is 0. The van der Waals surface area contributed by atoms with Crippen molar-refractivity contribution in [1.82, 2.24) is 14.7 Å². The molecule has 7 heteroatoms. The van der Waals surface area contributed by atoms with Crippen molar-refractivity contribution in [2.24, 2.45) is 5.73 Å². The van der Waals surface area contributed by atoms with Crippen molar-refractivity contribution in [3.63, 3.8) is 0 Å². The standard InChI is InChI=1S/C11H14N4O.2ClH/c1-8(12)11(16)13-6-9-7-15-5-3-2-4-10(15)14-9;;/h2-5,7-8H,6,12H2,1H3,(H,13,16);2*1H/t8-;;/m1../s1. The van der Waals surface area contributed by atoms with E-state index in [4.69, 9.17) is 5.73 Å². The second kappa shape index (κ2) is 7.20. The van der Waals surface area contributed by atoms with Crippen LogP contribution in [0.1, 0.15) is 12.6 Å². The molecule has 2 heterocycles. The van der Waals surface area contributed by atoms with Gasteiger partial charge in [0.15, 0.2) is 0 Å². The highest BCUT2D eigenvalue weighted by Gasteiger charge is 2.07. The van der Waals surface area contributed by atoms with Gasteiger partial charge in [0.05, 0.1) is 18.3 Å². The first-order chi connectivity index (χ1) is 7.66. The molecule has 1 amide bonds. The summed E-state index contributed by atoms with van der Waals surface area (Å²) in [4.78, 5) is 15.6. The fourth-order valence-electron chi connectivity index (χ4n) is 1.41. The molecule has 0 aliphatic heterocycles. The zero-order valence-corrected chi connectivity index (χ0v) is 11.5. The summed E-state index contributed by atoms with van der Waals surface area (Å²) < 4.78 is 1.91. The number of halogens is 2. The van der Waals surface area contributed by atoms with Gasteiger partial charge in [0, 0.05) is 12.4 Å². The zero-order valence-electron chi connectivity index (χ0n) is 9.87. The van der Waals surface area contributed by atoms with E-state index in [2.05, 4.69) is 10.3 Å². The number of rotatable bonds is 3. The molecular formula is C11H16Cl2N4O. The number of imidazole rings is 1. The maximum absolute atomic E-state index is 11.3. The number of nitrogens with one attached hydrogen (secondary N) is 1. The lowest BCUT2D eigenvalue weighted by molar-refractivity contribution is -0.122. The molecule has 2 aromatic heterocycles. The summed E-state index contributed by atoms with van der Waals surface area (Å²) in [7, 11) is 0. The predicted molar refractivity (Wildman–Crippen MR) is 75.2 cm³/mol. The molecule has 0 aromatic carbocycles. The van der Waals surface area contributed by atoms with Crippen LogP contribution in [-0.2, 0) is 11.3 Å². The highest BCUT2D eigenvalue weighted by atomic mass is 35.5. The molecule has 2 rings (SSSR count). The molecule has 0 saturated carbocycles. The minimum atomic E-state index is -0.489. The van der Waals surface area contributed by atoms with E-state index >= 15 is 0 Å². The lowest BCUT2D eigenvalue weighted by atomic mass is 10.3. The van der Waals surface area contributed by atoms with E-state index in [9.17, 15) is 4.79 Å². The first-order valence-electron chi connectivity index (χ1n) is 5.13. The van der Waals surface area contributed by atoms with E-state index in [1.165, 1.54) is 0 Å². The number of nitrogens with zero attached hydrogens (tertiary/aromatic N) is 2. The Morgan fingerprint density at radius 3 is 2.83 bits per heavy atom. The number of nitrogens with two attached hydrogens (primary N) is 1. The summed E-state index contributed by atoms with van der Waals surface area (Å²) in [5.74, 6) is -0.169. The first kappa shape index (κ1) is 16.7. The number of aromatic nitrogens is 2. The average molecular weight is 291 g/mol. The maximum Gasteiger partial charge on any atom is 0.236 e. The summed E-state index contributed by atoms with van der Waals surface area (Å²) in [5.41, 5.74) is 7.13. The third-order valence-corrected chi connectivity index (χ3v) is 2.27. The van der Waals surface area contributed by atoms with Crippen LogP contribution in [0.2, 0.25) is 0 Å². The monoisotopic (exact) mass is 290 g/mol. The fraction of sp³-hybridized carbons (Fsp3) is 0.273. The smallest absolute Gasteiger partial charge is 0.236 e. The zero-order chi connectivity index (χ0) is 11.5. The molecule has 0 unspecified atom stereocenters. The van der Waals surface area contributed by atoms with Gasteiger partial charge >= 0.3 is 0 Å². The van der Waals surface area contributed by atoms with Gasteiger partial charge in [-0.25, -0.2) is 4.98 Å². The Balaban J connectivity index is 0.00000144. The third kappa shape index (κ3) is 3.87. The molecule has 0 bridgehead atoms. The van der Waals surface area contributed by atoms with E-state index in [1.54, 1.807) is 6.92 Å². The highest BCUT2D eigenvalue weighted by molar-refractivity contribution is 5.85. The largest absolute Gasteiger partial charge is 0.349 e. The summed E-state index contributed by atoms with van der Waals surface area (Å²) in [6.45, 7) is 2.06. The van der Waals surface area contributed by atoms with Gasteiger partial charge < -0.3 is 15.5 Å². The average Bonchev–Trinajstić information content (AvgIpc) is 2.68. The third-order valence-electron chi connectivity index (χ3n) is 2.27. The van der Waals surface area contributed by atoms with Crippen LogP contribution in [0.4, 0.5) is 0 Å². The molecule has 0 spiro atoms. The van der Waals surface area contributed by atoms with Crippen molar-refractivity contribution in [3.8, 4) is 0 Å². The fourth-order valence-corrected chi connectivity index (χ4v) is 1.41. The van der Waals surface area contributed by atoms with Gasteiger partial charge in [-0.2, -0.15) is 0 Å². The molecule has 100 valence electrons. The Labute approximate surface area is 118 Å². The molecule has 18 heavy (non-hydrogen) atoms. The van der Waals surface area contributed by atoms with Crippen LogP contribution in [0, 0.1) is 0 Å². The second-order valence-corrected chi connectivity index (χ2v) is 3.70. The van der Waals surface area contributed by atoms with Gasteiger partial charge in [0.2, 0.25) is 5.91 Å². The van der Waals surface area contributed by atoms with E-state index in [-0.39, 0.29) is 30.7 Å². The summed E-state index contributed by atoms with van der Waals surface area (Å²) in [6, 6.07) is 5.28. The lowest BCUT2D eigenvalue weighted by Crippen LogP contribution is -2.37. The molecular weight excluding hydrogens is 275 g/mol. The number of carbonyl (C=O) groups excluding carboxylic acids is 1. The van der Waals surface area contributed by atoms with Crippen molar-refractivity contribution >= 4 is 36.4 Å². The number of fused-ring (bicyclic) bond motifs is 1. The highest BCUT2D eigenvalue weighted by Crippen LogP contribution is 2.03. The van der Waals surface area contributed by atoms with Crippen LogP contribution in [0.3, 0.4) is 0 Å². The molecule has 0 fully saturated rings. The van der Waals surface area contributed by atoms with Crippen LogP contribution in [0.5, 0.6) is 0 Å². The number of carbonyl (C=O) groups is 1. The van der Waals surface area contributed by atoms with Crippen LogP contribution in [0.25, 0.3) is 5.65 Å². The van der Waals surface area contributed by atoms with Crippen molar-refractivity contribution in [2.45, 2.75) is 19.5 Å². The minimum absolute atomic E-state index is 0. The quantitative estimate of drug-likeness (QED) is 0.890. The van der Waals surface area contributed by atoms with Gasteiger partial charge in [0.25, 0.3) is 0 Å². The van der Waals surface area contributed by atoms with Crippen molar-refractivity contribution in [2.75, 3.05) is 0 Å². The van der Waals surface area contributed by atoms with Crippen LogP contribution in [-0.4, -0.2) is 21.3 Å². The van der Waals surface area contributed by atoms with E-state index in [1.807, 2.05) is 35.0 Å². The molecule has 0 aliphatic carbocycles. The van der Waals surface area contributed by atoms with Crippen LogP contribution < -0.4 is 11.1 Å². The van der Waals surface area contributed by atoms with Gasteiger partial charge in [-0.05, 0) is 19.1 Å². The Morgan fingerprint density at radius 2 is 2.22 bits per heavy atom. The predicted octanol–water partition coefficient (Wildman–Crippen LogP) is 1.14. The molecule has 3 N–H and O–H groups in total. The minimum Gasteiger partial charge on any atom is -0.349 e. The normalized spacial score (nSPS) is 11.2. The Kier molecular flexibility index (Phi) is 6.68. The van der Waals surface area contributed by atoms with E-state index < -0.39 is 6.04 Å². The summed E-state index contributed by atoms with van der Waals surface area (Å²) in [5, 5.41) is 2.72. The molecule has 0 aliphatic rings. The summed E-state index contributed by atoms with van der Waals surface area (Å²) in [6.07, 6.45) is 3.80. The molecule has 2 aromatic rings. The van der Waals surface area contributed by atoms with Gasteiger partial charge in [0.1, 0.15) is 5.65 Å². The van der Waals surface area contributed by atoms with Gasteiger partial charge in [-0.15, -0.1) is 24.8 Å². The number of pyridine rings is 1. The Bertz CT molecular complexity index is 479. The SMILES string of the molecule is C[C@@H](N)C(=O)NCc1cn2ccccc2n1.Cl.Cl. The van der Waals surface area contributed by atoms with Crippen molar-refractivity contribution in [3.05, 3.63) is 36.3 Å². The molecule has 1 atom stereocenters. The second-order valence-electron chi connectivity index (χ2n) is 3.70. The maximum atomic E-state index is 11.3. The van der Waals surface area contributed by atoms with Gasteiger partial charge in [-0.1, -0.05) is 6.07 Å². The Hall–Kier alpha value is -1.30. The van der Waals surface area contributed by atoms with Gasteiger partial charge in [-0.3, -0.25) is 4.79 Å². The molecule has 0 saturated heterocycles. The van der Waals surface area contributed by atoms with Crippen LogP contribution >= 0.6 is 24.8 Å². The first-order valence-corrected chi connectivity index (χ1v) is 5.13. The Morgan fingerprint density at radius 1 is 1.50 bits per heavy atom. The number of amides is 1. The molecule has 0 radical (unpaired) electrons. The van der Waals surface area contributed by atoms with E-state index in [0.717, 1.165) is 11.3 Å². The van der Waals surface area contributed by atoms with Crippen molar-refractivity contribution < 1.29 is 4.79 Å². The topological polar surface area (TPSA) is 72.4 Å². The van der Waals surface area contributed by atoms with Crippen LogP contribution in [0.15, 0.2) is 30.6 Å². The van der Waals surface area contributed by atoms with Crippen molar-refractivity contribution in [1.29, 1.82) is 0 Å².